The SMILES string of the molecule is C=CC(O)(C=C)[C@@H](O)[C@H](O)[C@@H](O)C=O. The van der Waals surface area contributed by atoms with Crippen molar-refractivity contribution in [1.29, 1.82) is 0 Å². The molecule has 0 fully saturated rings. The van der Waals surface area contributed by atoms with E-state index in [1.165, 1.54) is 0 Å². The van der Waals surface area contributed by atoms with Gasteiger partial charge in [0.05, 0.1) is 0 Å². The van der Waals surface area contributed by atoms with Crippen LogP contribution in [0.2, 0.25) is 0 Å². The average Bonchev–Trinajstić information content (AvgIpc) is 2.24. The zero-order valence-corrected chi connectivity index (χ0v) is 7.58. The largest absolute Gasteiger partial charge is 0.387 e. The summed E-state index contributed by atoms with van der Waals surface area (Å²) in [7, 11) is 0. The highest BCUT2D eigenvalue weighted by molar-refractivity contribution is 5.56. The first-order valence-electron chi connectivity index (χ1n) is 3.92. The fraction of sp³-hybridized carbons (Fsp3) is 0.444. The highest BCUT2D eigenvalue weighted by Gasteiger charge is 2.37. The maximum atomic E-state index is 10.1. The van der Waals surface area contributed by atoms with Gasteiger partial charge in [0.1, 0.15) is 23.9 Å². The first kappa shape index (κ1) is 13.0. The third-order valence-corrected chi connectivity index (χ3v) is 1.94. The highest BCUT2D eigenvalue weighted by atomic mass is 16.4. The summed E-state index contributed by atoms with van der Waals surface area (Å²) in [6, 6.07) is 0. The number of aldehydes is 1. The monoisotopic (exact) mass is 202 g/mol. The quantitative estimate of drug-likeness (QED) is 0.306. The van der Waals surface area contributed by atoms with E-state index in [2.05, 4.69) is 13.2 Å². The lowest BCUT2D eigenvalue weighted by atomic mass is 9.91. The van der Waals surface area contributed by atoms with Crippen LogP contribution in [0.15, 0.2) is 25.3 Å². The van der Waals surface area contributed by atoms with Gasteiger partial charge in [0.2, 0.25) is 0 Å². The normalized spacial score (nSPS) is 18.0. The van der Waals surface area contributed by atoms with Gasteiger partial charge in [-0.1, -0.05) is 25.3 Å². The van der Waals surface area contributed by atoms with Crippen molar-refractivity contribution in [1.82, 2.24) is 0 Å². The van der Waals surface area contributed by atoms with Gasteiger partial charge in [-0.25, -0.2) is 0 Å². The van der Waals surface area contributed by atoms with Crippen LogP contribution in [0.4, 0.5) is 0 Å². The minimum Gasteiger partial charge on any atom is -0.387 e. The lowest BCUT2D eigenvalue weighted by Crippen LogP contribution is -2.51. The molecule has 3 atom stereocenters. The van der Waals surface area contributed by atoms with Crippen molar-refractivity contribution in [3.8, 4) is 0 Å². The Hall–Kier alpha value is -1.01. The lowest BCUT2D eigenvalue weighted by Gasteiger charge is -2.30. The van der Waals surface area contributed by atoms with Crippen LogP contribution >= 0.6 is 0 Å². The van der Waals surface area contributed by atoms with E-state index in [-0.39, 0.29) is 6.29 Å². The molecule has 0 aromatic rings. The van der Waals surface area contributed by atoms with Crippen molar-refractivity contribution in [2.24, 2.45) is 0 Å². The van der Waals surface area contributed by atoms with Crippen molar-refractivity contribution in [3.63, 3.8) is 0 Å². The van der Waals surface area contributed by atoms with Crippen LogP contribution in [0.25, 0.3) is 0 Å². The van der Waals surface area contributed by atoms with Crippen LogP contribution in [-0.2, 0) is 4.79 Å². The Morgan fingerprint density at radius 1 is 1.14 bits per heavy atom. The molecule has 0 aliphatic heterocycles. The number of rotatable bonds is 6. The molecule has 0 aromatic heterocycles. The summed E-state index contributed by atoms with van der Waals surface area (Å²) in [5.41, 5.74) is -1.94. The molecule has 0 radical (unpaired) electrons. The Kier molecular flexibility index (Phi) is 4.65. The van der Waals surface area contributed by atoms with E-state index in [1.807, 2.05) is 0 Å². The van der Waals surface area contributed by atoms with Crippen LogP contribution in [0.5, 0.6) is 0 Å². The number of carbonyl (C=O) groups is 1. The Labute approximate surface area is 81.6 Å². The molecule has 0 aliphatic carbocycles. The van der Waals surface area contributed by atoms with E-state index >= 15 is 0 Å². The molecule has 14 heavy (non-hydrogen) atoms. The van der Waals surface area contributed by atoms with Crippen LogP contribution in [-0.4, -0.2) is 50.6 Å². The van der Waals surface area contributed by atoms with Crippen molar-refractivity contribution in [3.05, 3.63) is 25.3 Å². The summed E-state index contributed by atoms with van der Waals surface area (Å²) in [4.78, 5) is 10.1. The van der Waals surface area contributed by atoms with Crippen LogP contribution < -0.4 is 0 Å². The summed E-state index contributed by atoms with van der Waals surface area (Å²) in [5.74, 6) is 0. The molecule has 0 bridgehead atoms. The molecule has 80 valence electrons. The Bertz CT molecular complexity index is 217. The molecule has 0 saturated heterocycles. The van der Waals surface area contributed by atoms with E-state index in [1.54, 1.807) is 0 Å². The second-order valence-corrected chi connectivity index (χ2v) is 2.86. The van der Waals surface area contributed by atoms with E-state index in [4.69, 9.17) is 5.11 Å². The molecule has 0 rings (SSSR count). The minimum atomic E-state index is -1.94. The third-order valence-electron chi connectivity index (χ3n) is 1.94. The van der Waals surface area contributed by atoms with E-state index in [0.717, 1.165) is 12.2 Å². The maximum absolute atomic E-state index is 10.1. The van der Waals surface area contributed by atoms with Gasteiger partial charge in [-0.15, -0.1) is 0 Å². The Balaban J connectivity index is 4.74. The topological polar surface area (TPSA) is 98.0 Å². The smallest absolute Gasteiger partial charge is 0.151 e. The molecular weight excluding hydrogens is 188 g/mol. The fourth-order valence-corrected chi connectivity index (χ4v) is 0.866. The standard InChI is InChI=1S/C9H14O5/c1-3-9(14,4-2)8(13)7(12)6(11)5-10/h3-8,11-14H,1-2H2/t6-,7+,8-/m0/s1. The summed E-state index contributed by atoms with van der Waals surface area (Å²) >= 11 is 0. The van der Waals surface area contributed by atoms with Gasteiger partial charge in [0, 0.05) is 0 Å². The molecule has 0 unspecified atom stereocenters. The van der Waals surface area contributed by atoms with E-state index in [0.29, 0.717) is 0 Å². The highest BCUT2D eigenvalue weighted by Crippen LogP contribution is 2.17. The molecule has 0 aromatic carbocycles. The fourth-order valence-electron chi connectivity index (χ4n) is 0.866. The molecule has 5 nitrogen and oxygen atoms in total. The molecule has 0 saturated carbocycles. The minimum absolute atomic E-state index is 0.0560. The van der Waals surface area contributed by atoms with Gasteiger partial charge in [-0.3, -0.25) is 0 Å². The van der Waals surface area contributed by atoms with Gasteiger partial charge in [-0.05, 0) is 0 Å². The van der Waals surface area contributed by atoms with E-state index < -0.39 is 23.9 Å². The molecule has 5 heteroatoms. The van der Waals surface area contributed by atoms with Crippen molar-refractivity contribution < 1.29 is 25.2 Å². The molecule has 0 amide bonds. The molecular formula is C9H14O5. The molecule has 4 N–H and O–H groups in total. The zero-order chi connectivity index (χ0) is 11.4. The Morgan fingerprint density at radius 2 is 1.57 bits per heavy atom. The summed E-state index contributed by atoms with van der Waals surface area (Å²) in [6.07, 6.45) is -3.38. The van der Waals surface area contributed by atoms with Crippen LogP contribution in [0.1, 0.15) is 0 Å². The van der Waals surface area contributed by atoms with E-state index in [9.17, 15) is 20.1 Å². The van der Waals surface area contributed by atoms with Gasteiger partial charge in [0.25, 0.3) is 0 Å². The molecule has 0 spiro atoms. The van der Waals surface area contributed by atoms with Crippen molar-refractivity contribution >= 4 is 6.29 Å². The van der Waals surface area contributed by atoms with Crippen LogP contribution in [0, 0.1) is 0 Å². The number of carbonyl (C=O) groups excluding carboxylic acids is 1. The summed E-state index contributed by atoms with van der Waals surface area (Å²) < 4.78 is 0. The van der Waals surface area contributed by atoms with Gasteiger partial charge >= 0.3 is 0 Å². The summed E-state index contributed by atoms with van der Waals surface area (Å²) in [6.45, 7) is 6.46. The Morgan fingerprint density at radius 3 is 1.86 bits per heavy atom. The lowest BCUT2D eigenvalue weighted by molar-refractivity contribution is -0.137. The second kappa shape index (κ2) is 5.02. The zero-order valence-electron chi connectivity index (χ0n) is 7.58. The summed E-state index contributed by atoms with van der Waals surface area (Å²) in [5, 5.41) is 37.0. The number of hydrogen-bond donors (Lipinski definition) is 4. The molecule has 0 aliphatic rings. The second-order valence-electron chi connectivity index (χ2n) is 2.86. The van der Waals surface area contributed by atoms with Crippen molar-refractivity contribution in [2.45, 2.75) is 23.9 Å². The predicted molar refractivity (Wildman–Crippen MR) is 49.4 cm³/mol. The third kappa shape index (κ3) is 2.49. The maximum Gasteiger partial charge on any atom is 0.151 e. The first-order valence-corrected chi connectivity index (χ1v) is 3.92. The first-order chi connectivity index (χ1) is 6.42. The predicted octanol–water partition coefficient (Wildman–Crippen LogP) is -1.63. The van der Waals surface area contributed by atoms with Crippen LogP contribution in [0.3, 0.4) is 0 Å². The average molecular weight is 202 g/mol. The molecule has 0 heterocycles. The van der Waals surface area contributed by atoms with Gasteiger partial charge < -0.3 is 25.2 Å². The van der Waals surface area contributed by atoms with Gasteiger partial charge in [-0.2, -0.15) is 0 Å². The number of aliphatic hydroxyl groups is 4. The number of aliphatic hydroxyl groups excluding tert-OH is 3. The van der Waals surface area contributed by atoms with Crippen molar-refractivity contribution in [2.75, 3.05) is 0 Å². The van der Waals surface area contributed by atoms with Gasteiger partial charge in [0.15, 0.2) is 6.29 Å². The number of hydrogen-bond acceptors (Lipinski definition) is 5.